The Morgan fingerprint density at radius 1 is 1.00 bits per heavy atom. The highest BCUT2D eigenvalue weighted by atomic mass is 16.6. The third-order valence-electron chi connectivity index (χ3n) is 4.96. The summed E-state index contributed by atoms with van der Waals surface area (Å²) in [6.07, 6.45) is -0.372. The van der Waals surface area contributed by atoms with Crippen LogP contribution in [0.5, 0.6) is 5.75 Å². The first-order valence-corrected chi connectivity index (χ1v) is 9.25. The van der Waals surface area contributed by atoms with Gasteiger partial charge in [-0.2, -0.15) is 0 Å². The summed E-state index contributed by atoms with van der Waals surface area (Å²) in [7, 11) is 0. The zero-order chi connectivity index (χ0) is 19.5. The molecule has 28 heavy (non-hydrogen) atoms. The van der Waals surface area contributed by atoms with Crippen LogP contribution >= 0.6 is 0 Å². The molecule has 0 bridgehead atoms. The summed E-state index contributed by atoms with van der Waals surface area (Å²) in [6, 6.07) is 14.2. The summed E-state index contributed by atoms with van der Waals surface area (Å²) in [5, 5.41) is 12.9. The Kier molecular flexibility index (Phi) is 4.92. The number of anilines is 3. The molecule has 8 heteroatoms. The monoisotopic (exact) mass is 382 g/mol. The van der Waals surface area contributed by atoms with Gasteiger partial charge in [-0.1, -0.05) is 18.2 Å². The largest absolute Gasteiger partial charge is 0.506 e. The lowest BCUT2D eigenvalue weighted by molar-refractivity contribution is 0.181. The van der Waals surface area contributed by atoms with E-state index in [0.717, 1.165) is 5.69 Å². The van der Waals surface area contributed by atoms with Gasteiger partial charge in [-0.3, -0.25) is 4.90 Å². The number of nitrogens with one attached hydrogen (secondary N) is 1. The van der Waals surface area contributed by atoms with Crippen molar-refractivity contribution < 1.29 is 19.4 Å². The lowest BCUT2D eigenvalue weighted by Gasteiger charge is -2.36. The molecule has 4 rings (SSSR count). The van der Waals surface area contributed by atoms with Crippen LogP contribution in [0.15, 0.2) is 48.5 Å². The van der Waals surface area contributed by atoms with Gasteiger partial charge in [-0.25, -0.2) is 9.59 Å². The van der Waals surface area contributed by atoms with Gasteiger partial charge >= 0.3 is 12.1 Å². The molecule has 2 fully saturated rings. The van der Waals surface area contributed by atoms with Gasteiger partial charge in [-0.05, 0) is 30.3 Å². The van der Waals surface area contributed by atoms with Crippen molar-refractivity contribution in [3.63, 3.8) is 0 Å². The van der Waals surface area contributed by atoms with Gasteiger partial charge < -0.3 is 25.0 Å². The number of carbonyl (C=O) groups excluding carboxylic acids is 2. The van der Waals surface area contributed by atoms with Crippen LogP contribution in [0.3, 0.4) is 0 Å². The topological polar surface area (TPSA) is 85.4 Å². The molecule has 2 aliphatic rings. The molecule has 2 N–H and O–H groups in total. The Morgan fingerprint density at radius 3 is 2.50 bits per heavy atom. The van der Waals surface area contributed by atoms with Crippen LogP contribution in [0, 0.1) is 0 Å². The summed E-state index contributed by atoms with van der Waals surface area (Å²) >= 11 is 0. The van der Waals surface area contributed by atoms with Crippen LogP contribution in [0.4, 0.5) is 26.7 Å². The fourth-order valence-corrected chi connectivity index (χ4v) is 3.46. The summed E-state index contributed by atoms with van der Waals surface area (Å²) < 4.78 is 4.96. The molecule has 2 aromatic carbocycles. The van der Waals surface area contributed by atoms with E-state index < -0.39 is 0 Å². The second-order valence-corrected chi connectivity index (χ2v) is 6.71. The van der Waals surface area contributed by atoms with Crippen molar-refractivity contribution in [2.45, 2.75) is 0 Å². The lowest BCUT2D eigenvalue weighted by atomic mass is 10.2. The number of hydrogen-bond donors (Lipinski definition) is 2. The van der Waals surface area contributed by atoms with E-state index in [2.05, 4.69) is 10.2 Å². The fourth-order valence-electron chi connectivity index (χ4n) is 3.46. The molecule has 2 aliphatic heterocycles. The van der Waals surface area contributed by atoms with E-state index in [-0.39, 0.29) is 17.9 Å². The number of benzene rings is 2. The number of cyclic esters (lactones) is 1. The number of nitrogens with zero attached hydrogens (tertiary/aromatic N) is 3. The van der Waals surface area contributed by atoms with Crippen LogP contribution < -0.4 is 15.1 Å². The zero-order valence-corrected chi connectivity index (χ0v) is 15.4. The Bertz CT molecular complexity index is 880. The summed E-state index contributed by atoms with van der Waals surface area (Å²) in [5.74, 6) is 0.248. The van der Waals surface area contributed by atoms with Crippen LogP contribution in [0.1, 0.15) is 0 Å². The van der Waals surface area contributed by atoms with E-state index in [4.69, 9.17) is 4.74 Å². The Balaban J connectivity index is 1.36. The van der Waals surface area contributed by atoms with Crippen LogP contribution in [-0.2, 0) is 4.74 Å². The number of phenols is 1. The highest BCUT2D eigenvalue weighted by Crippen LogP contribution is 2.27. The Hall–Kier alpha value is -3.42. The maximum atomic E-state index is 12.6. The molecule has 2 saturated heterocycles. The first kappa shape index (κ1) is 18.0. The van der Waals surface area contributed by atoms with Crippen molar-refractivity contribution >= 4 is 29.2 Å². The predicted molar refractivity (Wildman–Crippen MR) is 106 cm³/mol. The molecule has 0 aliphatic carbocycles. The molecule has 8 nitrogen and oxygen atoms in total. The van der Waals surface area contributed by atoms with Crippen LogP contribution in [0.2, 0.25) is 0 Å². The fraction of sp³-hybridized carbons (Fsp3) is 0.300. The number of hydrogen-bond acceptors (Lipinski definition) is 5. The van der Waals surface area contributed by atoms with Gasteiger partial charge in [0.05, 0.1) is 12.2 Å². The van der Waals surface area contributed by atoms with Crippen molar-refractivity contribution in [1.82, 2.24) is 4.90 Å². The van der Waals surface area contributed by atoms with Gasteiger partial charge in [0.1, 0.15) is 12.4 Å². The maximum absolute atomic E-state index is 12.6. The van der Waals surface area contributed by atoms with E-state index in [1.165, 1.54) is 0 Å². The Labute approximate surface area is 162 Å². The van der Waals surface area contributed by atoms with E-state index in [1.54, 1.807) is 40.1 Å². The zero-order valence-electron chi connectivity index (χ0n) is 15.4. The highest BCUT2D eigenvalue weighted by molar-refractivity contribution is 5.93. The van der Waals surface area contributed by atoms with Crippen LogP contribution in [0.25, 0.3) is 0 Å². The molecule has 0 aromatic heterocycles. The van der Waals surface area contributed by atoms with Crippen molar-refractivity contribution in [3.8, 4) is 5.75 Å². The van der Waals surface area contributed by atoms with E-state index in [0.29, 0.717) is 50.7 Å². The standard InChI is InChI=1S/C20H22N4O4/c25-18-7-2-1-6-17(18)22-8-10-23(11-9-22)19(26)21-15-4-3-5-16(14-15)24-12-13-28-20(24)27/h1-7,14,25H,8-13H2,(H,21,26). The minimum Gasteiger partial charge on any atom is -0.506 e. The maximum Gasteiger partial charge on any atom is 0.414 e. The average Bonchev–Trinajstić information content (AvgIpc) is 3.15. The highest BCUT2D eigenvalue weighted by Gasteiger charge is 2.25. The number of para-hydroxylation sites is 2. The average molecular weight is 382 g/mol. The second-order valence-electron chi connectivity index (χ2n) is 6.71. The van der Waals surface area contributed by atoms with Gasteiger partial charge in [0.2, 0.25) is 0 Å². The first-order valence-electron chi connectivity index (χ1n) is 9.25. The molecular weight excluding hydrogens is 360 g/mol. The summed E-state index contributed by atoms with van der Waals surface area (Å²) in [6.45, 7) is 3.27. The number of phenolic OH excluding ortho intramolecular Hbond substituents is 1. The number of amides is 3. The van der Waals surface area contributed by atoms with E-state index >= 15 is 0 Å². The third-order valence-corrected chi connectivity index (χ3v) is 4.96. The molecule has 146 valence electrons. The van der Waals surface area contributed by atoms with Crippen molar-refractivity contribution in [2.24, 2.45) is 0 Å². The van der Waals surface area contributed by atoms with E-state index in [1.807, 2.05) is 18.2 Å². The smallest absolute Gasteiger partial charge is 0.414 e. The molecule has 0 spiro atoms. The number of aromatic hydroxyl groups is 1. The number of rotatable bonds is 3. The molecule has 0 radical (unpaired) electrons. The normalized spacial score (nSPS) is 16.9. The van der Waals surface area contributed by atoms with Crippen LogP contribution in [-0.4, -0.2) is 61.5 Å². The van der Waals surface area contributed by atoms with Gasteiger partial charge in [0.25, 0.3) is 0 Å². The molecule has 2 heterocycles. The van der Waals surface area contributed by atoms with Gasteiger partial charge in [0.15, 0.2) is 0 Å². The number of piperazine rings is 1. The second kappa shape index (κ2) is 7.67. The molecule has 0 saturated carbocycles. The molecule has 3 amide bonds. The number of ether oxygens (including phenoxy) is 1. The predicted octanol–water partition coefficient (Wildman–Crippen LogP) is 2.70. The van der Waals surface area contributed by atoms with Crippen molar-refractivity contribution in [1.29, 1.82) is 0 Å². The molecule has 2 aromatic rings. The lowest BCUT2D eigenvalue weighted by Crippen LogP contribution is -2.50. The summed E-state index contributed by atoms with van der Waals surface area (Å²) in [5.41, 5.74) is 2.11. The third kappa shape index (κ3) is 3.66. The molecule has 0 unspecified atom stereocenters. The first-order chi connectivity index (χ1) is 13.6. The Morgan fingerprint density at radius 2 is 1.79 bits per heavy atom. The summed E-state index contributed by atoms with van der Waals surface area (Å²) in [4.78, 5) is 29.7. The minimum absolute atomic E-state index is 0.182. The quantitative estimate of drug-likeness (QED) is 0.853. The number of carbonyl (C=O) groups is 2. The van der Waals surface area contributed by atoms with Gasteiger partial charge in [0, 0.05) is 37.6 Å². The molecular formula is C20H22N4O4. The van der Waals surface area contributed by atoms with Crippen molar-refractivity contribution in [3.05, 3.63) is 48.5 Å². The molecule has 0 atom stereocenters. The SMILES string of the molecule is O=C(Nc1cccc(N2CCOC2=O)c1)N1CCN(c2ccccc2O)CC1. The van der Waals surface area contributed by atoms with Gasteiger partial charge in [-0.15, -0.1) is 0 Å². The van der Waals surface area contributed by atoms with Crippen molar-refractivity contribution in [2.75, 3.05) is 54.4 Å². The van der Waals surface area contributed by atoms with E-state index in [9.17, 15) is 14.7 Å². The minimum atomic E-state index is -0.372. The number of urea groups is 1.